The molecule has 0 bridgehead atoms. The fourth-order valence-corrected chi connectivity index (χ4v) is 5.35. The van der Waals surface area contributed by atoms with E-state index in [0.29, 0.717) is 17.4 Å². The molecule has 0 aliphatic carbocycles. The molecule has 1 aromatic carbocycles. The van der Waals surface area contributed by atoms with E-state index >= 15 is 0 Å². The van der Waals surface area contributed by atoms with Crippen molar-refractivity contribution in [2.75, 3.05) is 29.5 Å². The van der Waals surface area contributed by atoms with Gasteiger partial charge in [0.1, 0.15) is 0 Å². The van der Waals surface area contributed by atoms with E-state index < -0.39 is 10.0 Å². The topological polar surface area (TPSA) is 67.2 Å². The van der Waals surface area contributed by atoms with E-state index in [-0.39, 0.29) is 10.2 Å². The Morgan fingerprint density at radius 2 is 2.13 bits per heavy atom. The summed E-state index contributed by atoms with van der Waals surface area (Å²) < 4.78 is 29.7. The highest BCUT2D eigenvalue weighted by atomic mass is 35.5. The number of sulfonamides is 1. The van der Waals surface area contributed by atoms with Gasteiger partial charge in [0.2, 0.25) is 0 Å². The summed E-state index contributed by atoms with van der Waals surface area (Å²) in [4.78, 5) is 6.06. The summed E-state index contributed by atoms with van der Waals surface area (Å²) >= 11 is 7.55. The second-order valence-corrected chi connectivity index (χ2v) is 8.51. The van der Waals surface area contributed by atoms with Crippen molar-refractivity contribution in [1.82, 2.24) is 9.55 Å². The first-order chi connectivity index (χ1) is 10.8. The zero-order valence-electron chi connectivity index (χ0n) is 13.0. The van der Waals surface area contributed by atoms with Crippen molar-refractivity contribution in [2.24, 2.45) is 0 Å². The zero-order valence-corrected chi connectivity index (χ0v) is 15.4. The molecule has 1 aliphatic heterocycles. The lowest BCUT2D eigenvalue weighted by Gasteiger charge is -2.17. The Labute approximate surface area is 144 Å². The van der Waals surface area contributed by atoms with E-state index in [0.717, 1.165) is 17.0 Å². The van der Waals surface area contributed by atoms with Gasteiger partial charge in [0, 0.05) is 32.1 Å². The molecule has 9 heteroatoms. The highest BCUT2D eigenvalue weighted by Crippen LogP contribution is 2.34. The smallest absolute Gasteiger partial charge is 0.280 e. The van der Waals surface area contributed by atoms with Gasteiger partial charge in [-0.15, -0.1) is 0 Å². The minimum Gasteiger partial charge on any atom is -0.377 e. The second-order valence-electron chi connectivity index (χ2n) is 5.49. The number of hydrogen-bond acceptors (Lipinski definition) is 5. The number of halogens is 1. The highest BCUT2D eigenvalue weighted by Gasteiger charge is 2.30. The molecule has 0 radical (unpaired) electrons. The van der Waals surface area contributed by atoms with Crippen LogP contribution in [0.25, 0.3) is 0 Å². The summed E-state index contributed by atoms with van der Waals surface area (Å²) in [5, 5.41) is 0.694. The first-order valence-corrected chi connectivity index (χ1v) is 9.84. The van der Waals surface area contributed by atoms with Crippen LogP contribution in [0.4, 0.5) is 11.4 Å². The van der Waals surface area contributed by atoms with E-state index in [9.17, 15) is 8.42 Å². The minimum atomic E-state index is -3.79. The van der Waals surface area contributed by atoms with Crippen molar-refractivity contribution in [1.29, 1.82) is 0 Å². The third-order valence-electron chi connectivity index (χ3n) is 3.59. The molecular weight excluding hydrogens is 356 g/mol. The Morgan fingerprint density at radius 3 is 2.83 bits per heavy atom. The summed E-state index contributed by atoms with van der Waals surface area (Å²) in [6.07, 6.45) is 0. The number of aryl methyl sites for hydroxylation is 1. The number of rotatable bonds is 4. The number of fused-ring (bicyclic) bond motifs is 1. The van der Waals surface area contributed by atoms with Gasteiger partial charge in [-0.25, -0.2) is 4.98 Å². The molecule has 0 saturated heterocycles. The van der Waals surface area contributed by atoms with Gasteiger partial charge in [-0.2, -0.15) is 8.42 Å². The number of thioether (sulfide) groups is 1. The lowest BCUT2D eigenvalue weighted by atomic mass is 10.2. The summed E-state index contributed by atoms with van der Waals surface area (Å²) in [5.74, 6) is 0.803. The van der Waals surface area contributed by atoms with E-state index in [1.165, 1.54) is 11.8 Å². The number of nitrogens with zero attached hydrogens (tertiary/aromatic N) is 3. The zero-order chi connectivity index (χ0) is 16.8. The van der Waals surface area contributed by atoms with Gasteiger partial charge in [0.05, 0.1) is 5.69 Å². The summed E-state index contributed by atoms with van der Waals surface area (Å²) in [7, 11) is 0.0359. The SMILES string of the molecule is Cc1ccc(NS(=O)(=O)c2c(Cl)nc3n2CCS3)cc1N(C)C. The quantitative estimate of drug-likeness (QED) is 0.893. The molecule has 0 unspecified atom stereocenters. The highest BCUT2D eigenvalue weighted by molar-refractivity contribution is 7.99. The number of imidazole rings is 1. The molecule has 1 N–H and O–H groups in total. The maximum atomic E-state index is 12.7. The molecule has 0 fully saturated rings. The minimum absolute atomic E-state index is 0.0136. The summed E-state index contributed by atoms with van der Waals surface area (Å²) in [5.41, 5.74) is 2.51. The lowest BCUT2D eigenvalue weighted by molar-refractivity contribution is 0.577. The molecule has 0 amide bonds. The van der Waals surface area contributed by atoms with Gasteiger partial charge in [-0.1, -0.05) is 29.4 Å². The maximum Gasteiger partial charge on any atom is 0.280 e. The van der Waals surface area contributed by atoms with Crippen LogP contribution in [-0.4, -0.2) is 37.8 Å². The second kappa shape index (κ2) is 5.92. The Balaban J connectivity index is 1.98. The maximum absolute atomic E-state index is 12.7. The first kappa shape index (κ1) is 16.5. The standard InChI is InChI=1S/C14H17ClN4O2S2/c1-9-4-5-10(8-11(9)18(2)3)17-23(20,21)13-12(15)16-14-19(13)6-7-22-14/h4-5,8,17H,6-7H2,1-3H3. The van der Waals surface area contributed by atoms with Crippen molar-refractivity contribution in [3.05, 3.63) is 28.9 Å². The van der Waals surface area contributed by atoms with Crippen LogP contribution in [0.3, 0.4) is 0 Å². The Hall–Kier alpha value is -1.38. The van der Waals surface area contributed by atoms with Gasteiger partial charge in [-0.3, -0.25) is 4.72 Å². The lowest BCUT2D eigenvalue weighted by Crippen LogP contribution is -2.18. The molecule has 3 rings (SSSR count). The molecule has 6 nitrogen and oxygen atoms in total. The van der Waals surface area contributed by atoms with Crippen LogP contribution in [0.1, 0.15) is 5.56 Å². The molecule has 2 heterocycles. The summed E-state index contributed by atoms with van der Waals surface area (Å²) in [6.45, 7) is 2.57. The first-order valence-electron chi connectivity index (χ1n) is 6.99. The van der Waals surface area contributed by atoms with Crippen LogP contribution in [0.15, 0.2) is 28.4 Å². The molecule has 1 aliphatic rings. The van der Waals surface area contributed by atoms with E-state index in [4.69, 9.17) is 11.6 Å². The Morgan fingerprint density at radius 1 is 1.39 bits per heavy atom. The number of aromatic nitrogens is 2. The monoisotopic (exact) mass is 372 g/mol. The predicted molar refractivity (Wildman–Crippen MR) is 94.3 cm³/mol. The van der Waals surface area contributed by atoms with Crippen LogP contribution >= 0.6 is 23.4 Å². The third-order valence-corrected chi connectivity index (χ3v) is 6.35. The van der Waals surface area contributed by atoms with Gasteiger partial charge >= 0.3 is 0 Å². The van der Waals surface area contributed by atoms with Crippen molar-refractivity contribution >= 4 is 44.8 Å². The number of anilines is 2. The van der Waals surface area contributed by atoms with Crippen molar-refractivity contribution in [3.63, 3.8) is 0 Å². The number of nitrogens with one attached hydrogen (secondary N) is 1. The summed E-state index contributed by atoms with van der Waals surface area (Å²) in [6, 6.07) is 5.42. The van der Waals surface area contributed by atoms with E-state index in [2.05, 4.69) is 9.71 Å². The van der Waals surface area contributed by atoms with Crippen molar-refractivity contribution in [2.45, 2.75) is 23.7 Å². The molecule has 23 heavy (non-hydrogen) atoms. The Bertz CT molecular complexity index is 862. The predicted octanol–water partition coefficient (Wildman–Crippen LogP) is 2.82. The van der Waals surface area contributed by atoms with E-state index in [1.807, 2.05) is 32.0 Å². The largest absolute Gasteiger partial charge is 0.377 e. The molecule has 2 aromatic rings. The number of benzene rings is 1. The normalized spacial score (nSPS) is 13.9. The molecule has 0 saturated carbocycles. The Kier molecular flexibility index (Phi) is 4.24. The van der Waals surface area contributed by atoms with Gasteiger partial charge in [-0.05, 0) is 24.6 Å². The van der Waals surface area contributed by atoms with Gasteiger partial charge in [0.25, 0.3) is 10.0 Å². The average Bonchev–Trinajstić information content (AvgIpc) is 2.99. The fourth-order valence-electron chi connectivity index (χ4n) is 2.54. The van der Waals surface area contributed by atoms with Gasteiger partial charge < -0.3 is 9.47 Å². The molecule has 0 atom stereocenters. The average molecular weight is 373 g/mol. The van der Waals surface area contributed by atoms with E-state index in [1.54, 1.807) is 16.7 Å². The fraction of sp³-hybridized carbons (Fsp3) is 0.357. The third kappa shape index (κ3) is 3.02. The molecule has 0 spiro atoms. The van der Waals surface area contributed by atoms with Gasteiger partial charge in [0.15, 0.2) is 15.3 Å². The van der Waals surface area contributed by atoms with Crippen molar-refractivity contribution < 1.29 is 8.42 Å². The molecular formula is C14H17ClN4O2S2. The van der Waals surface area contributed by atoms with Crippen LogP contribution in [-0.2, 0) is 16.6 Å². The van der Waals surface area contributed by atoms with Crippen LogP contribution in [0.2, 0.25) is 5.15 Å². The molecule has 1 aromatic heterocycles. The van der Waals surface area contributed by atoms with Crippen LogP contribution in [0, 0.1) is 6.92 Å². The van der Waals surface area contributed by atoms with Crippen LogP contribution in [0.5, 0.6) is 0 Å². The van der Waals surface area contributed by atoms with Crippen LogP contribution < -0.4 is 9.62 Å². The molecule has 124 valence electrons. The number of hydrogen-bond donors (Lipinski definition) is 1. The van der Waals surface area contributed by atoms with Crippen molar-refractivity contribution in [3.8, 4) is 0 Å².